The molecule has 9 nitrogen and oxygen atoms in total. The number of aryl methyl sites for hydroxylation is 3. The molecule has 49 heavy (non-hydrogen) atoms. The largest absolute Gasteiger partial charge is 0.416 e. The third kappa shape index (κ3) is 6.95. The van der Waals surface area contributed by atoms with E-state index < -0.39 is 27.7 Å². The van der Waals surface area contributed by atoms with E-state index in [1.54, 1.807) is 29.2 Å². The van der Waals surface area contributed by atoms with Gasteiger partial charge in [-0.25, -0.2) is 13.1 Å². The number of sulfonamides is 1. The number of benzene rings is 3. The SMILES string of the molecule is CCn1nnc2c(C)c(C(CC(=O)Nc3cccnc3)c3ccc(C)c(CN4C[C@@H](C)Cc5ccc(C(F)(F)F)cc5S4(=O)=O)c3)ccc21. The Bertz CT molecular complexity index is 2130. The molecule has 3 aromatic carbocycles. The summed E-state index contributed by atoms with van der Waals surface area (Å²) in [5, 5.41) is 11.6. The topological polar surface area (TPSA) is 110 Å². The quantitative estimate of drug-likeness (QED) is 0.187. The zero-order chi connectivity index (χ0) is 35.1. The predicted octanol–water partition coefficient (Wildman–Crippen LogP) is 7.03. The number of amides is 1. The molecule has 1 amide bonds. The number of hydrogen-bond donors (Lipinski definition) is 1. The van der Waals surface area contributed by atoms with Gasteiger partial charge < -0.3 is 5.32 Å². The van der Waals surface area contributed by atoms with Crippen molar-refractivity contribution in [1.82, 2.24) is 24.3 Å². The average Bonchev–Trinajstić information content (AvgIpc) is 3.45. The van der Waals surface area contributed by atoms with Gasteiger partial charge in [0.15, 0.2) is 0 Å². The number of rotatable bonds is 8. The highest BCUT2D eigenvalue weighted by atomic mass is 32.2. The average molecular weight is 691 g/mol. The van der Waals surface area contributed by atoms with Gasteiger partial charge in [0, 0.05) is 38.2 Å². The number of alkyl halides is 3. The molecule has 1 aliphatic heterocycles. The van der Waals surface area contributed by atoms with E-state index >= 15 is 0 Å². The van der Waals surface area contributed by atoms with Crippen molar-refractivity contribution in [3.05, 3.63) is 112 Å². The summed E-state index contributed by atoms with van der Waals surface area (Å²) in [6.07, 6.45) is -1.09. The Morgan fingerprint density at radius 2 is 1.88 bits per heavy atom. The molecule has 0 saturated carbocycles. The van der Waals surface area contributed by atoms with Crippen LogP contribution < -0.4 is 5.32 Å². The normalized spacial score (nSPS) is 17.0. The Kier molecular flexibility index (Phi) is 9.34. The van der Waals surface area contributed by atoms with Crippen LogP contribution >= 0.6 is 0 Å². The number of carbonyl (C=O) groups is 1. The summed E-state index contributed by atoms with van der Waals surface area (Å²) >= 11 is 0. The molecule has 1 N–H and O–H groups in total. The first-order valence-corrected chi connectivity index (χ1v) is 17.5. The van der Waals surface area contributed by atoms with Crippen LogP contribution in [0.3, 0.4) is 0 Å². The molecule has 2 aromatic heterocycles. The van der Waals surface area contributed by atoms with Gasteiger partial charge in [0.25, 0.3) is 0 Å². The molecule has 5 aromatic rings. The van der Waals surface area contributed by atoms with Crippen LogP contribution in [0.5, 0.6) is 0 Å². The second kappa shape index (κ2) is 13.4. The first-order valence-electron chi connectivity index (χ1n) is 16.1. The van der Waals surface area contributed by atoms with Gasteiger partial charge in [-0.2, -0.15) is 17.5 Å². The van der Waals surface area contributed by atoms with Gasteiger partial charge in [-0.3, -0.25) is 9.78 Å². The first kappa shape index (κ1) is 34.3. The monoisotopic (exact) mass is 690 g/mol. The zero-order valence-corrected chi connectivity index (χ0v) is 28.4. The minimum Gasteiger partial charge on any atom is -0.325 e. The van der Waals surface area contributed by atoms with E-state index in [1.165, 1.54) is 10.4 Å². The van der Waals surface area contributed by atoms with Crippen molar-refractivity contribution in [3.63, 3.8) is 0 Å². The van der Waals surface area contributed by atoms with Gasteiger partial charge in [-0.15, -0.1) is 5.10 Å². The molecule has 1 unspecified atom stereocenters. The lowest BCUT2D eigenvalue weighted by atomic mass is 9.84. The maximum Gasteiger partial charge on any atom is 0.416 e. The molecule has 13 heteroatoms. The minimum atomic E-state index is -4.68. The molecule has 6 rings (SSSR count). The smallest absolute Gasteiger partial charge is 0.325 e. The molecule has 0 radical (unpaired) electrons. The Hall–Kier alpha value is -4.62. The number of carbonyl (C=O) groups excluding carboxylic acids is 1. The molecule has 0 saturated heterocycles. The molecule has 256 valence electrons. The van der Waals surface area contributed by atoms with Crippen molar-refractivity contribution in [3.8, 4) is 0 Å². The summed E-state index contributed by atoms with van der Waals surface area (Å²) in [5.74, 6) is -0.814. The Morgan fingerprint density at radius 1 is 1.08 bits per heavy atom. The van der Waals surface area contributed by atoms with Crippen LogP contribution in [0.2, 0.25) is 0 Å². The van der Waals surface area contributed by atoms with Gasteiger partial charge in [0.2, 0.25) is 15.9 Å². The number of hydrogen-bond acceptors (Lipinski definition) is 6. The van der Waals surface area contributed by atoms with Crippen molar-refractivity contribution in [2.45, 2.75) is 70.6 Å². The van der Waals surface area contributed by atoms with Crippen LogP contribution in [0, 0.1) is 19.8 Å². The van der Waals surface area contributed by atoms with Crippen molar-refractivity contribution in [2.75, 3.05) is 11.9 Å². The van der Waals surface area contributed by atoms with Crippen LogP contribution in [0.15, 0.2) is 78.0 Å². The van der Waals surface area contributed by atoms with E-state index in [4.69, 9.17) is 0 Å². The van der Waals surface area contributed by atoms with Gasteiger partial charge in [0.1, 0.15) is 5.52 Å². The van der Waals surface area contributed by atoms with E-state index in [0.717, 1.165) is 45.4 Å². The lowest BCUT2D eigenvalue weighted by molar-refractivity contribution is -0.137. The number of halogens is 3. The number of anilines is 1. The Morgan fingerprint density at radius 3 is 2.59 bits per heavy atom. The van der Waals surface area contributed by atoms with E-state index in [-0.39, 0.29) is 36.2 Å². The Labute approximate surface area is 283 Å². The van der Waals surface area contributed by atoms with Crippen molar-refractivity contribution in [1.29, 1.82) is 0 Å². The molecule has 3 heterocycles. The van der Waals surface area contributed by atoms with Gasteiger partial charge in [-0.1, -0.05) is 42.5 Å². The standard InChI is InChI=1S/C36H37F3N6O3S/c1-5-45-32-13-12-30(24(4)35(32)42-43-45)31(18-34(46)41-29-7-6-14-40-19-29)25-9-8-23(3)27(16-25)21-44-20-22(2)15-26-10-11-28(36(37,38)39)17-33(26)49(44,47)48/h6-14,16-17,19,22,31H,5,15,18,20-21H2,1-4H3,(H,41,46)/t22-,31?/m0/s1. The molecular formula is C36H37F3N6O3S. The third-order valence-corrected chi connectivity index (χ3v) is 11.1. The van der Waals surface area contributed by atoms with Crippen LogP contribution in [-0.2, 0) is 40.5 Å². The molecule has 0 fully saturated rings. The molecule has 1 aliphatic rings. The highest BCUT2D eigenvalue weighted by molar-refractivity contribution is 7.89. The number of nitrogens with zero attached hydrogens (tertiary/aromatic N) is 5. The van der Waals surface area contributed by atoms with E-state index in [0.29, 0.717) is 29.8 Å². The van der Waals surface area contributed by atoms with Gasteiger partial charge in [-0.05, 0) is 96.8 Å². The second-order valence-corrected chi connectivity index (χ2v) is 14.6. The minimum absolute atomic E-state index is 0.0422. The summed E-state index contributed by atoms with van der Waals surface area (Å²) in [7, 11) is -4.27. The molecular weight excluding hydrogens is 653 g/mol. The first-order chi connectivity index (χ1) is 23.3. The van der Waals surface area contributed by atoms with E-state index in [1.807, 2.05) is 58.0 Å². The number of pyridine rings is 1. The number of nitrogens with one attached hydrogen (secondary N) is 1. The maximum atomic E-state index is 14.0. The van der Waals surface area contributed by atoms with E-state index in [2.05, 4.69) is 20.6 Å². The van der Waals surface area contributed by atoms with Crippen molar-refractivity contribution in [2.24, 2.45) is 5.92 Å². The maximum absolute atomic E-state index is 14.0. The van der Waals surface area contributed by atoms with E-state index in [9.17, 15) is 26.4 Å². The highest BCUT2D eigenvalue weighted by Gasteiger charge is 2.37. The number of aromatic nitrogens is 4. The van der Waals surface area contributed by atoms with Crippen LogP contribution in [0.4, 0.5) is 18.9 Å². The van der Waals surface area contributed by atoms with Gasteiger partial charge in [0.05, 0.1) is 27.9 Å². The summed E-state index contributed by atoms with van der Waals surface area (Å²) in [5.41, 5.74) is 5.58. The fourth-order valence-corrected chi connectivity index (χ4v) is 8.41. The zero-order valence-electron chi connectivity index (χ0n) is 27.6. The van der Waals surface area contributed by atoms with Gasteiger partial charge >= 0.3 is 6.18 Å². The molecule has 0 bridgehead atoms. The third-order valence-electron chi connectivity index (χ3n) is 9.21. The van der Waals surface area contributed by atoms with Crippen LogP contribution in [0.1, 0.15) is 65.1 Å². The Balaban J connectivity index is 1.40. The van der Waals surface area contributed by atoms with Crippen molar-refractivity contribution >= 4 is 32.7 Å². The molecule has 2 atom stereocenters. The van der Waals surface area contributed by atoms with Crippen LogP contribution in [0.25, 0.3) is 11.0 Å². The molecule has 0 aliphatic carbocycles. The number of fused-ring (bicyclic) bond motifs is 2. The highest BCUT2D eigenvalue weighted by Crippen LogP contribution is 2.38. The van der Waals surface area contributed by atoms with Crippen LogP contribution in [-0.4, -0.2) is 45.2 Å². The van der Waals surface area contributed by atoms with Crippen molar-refractivity contribution < 1.29 is 26.4 Å². The second-order valence-electron chi connectivity index (χ2n) is 12.7. The predicted molar refractivity (Wildman–Crippen MR) is 180 cm³/mol. The lowest BCUT2D eigenvalue weighted by Crippen LogP contribution is -2.33. The summed E-state index contributed by atoms with van der Waals surface area (Å²) < 4.78 is 72.0. The lowest BCUT2D eigenvalue weighted by Gasteiger charge is -2.25. The summed E-state index contributed by atoms with van der Waals surface area (Å²) in [6.45, 7) is 8.44. The summed E-state index contributed by atoms with van der Waals surface area (Å²) in [4.78, 5) is 17.3. The fraction of sp³-hybridized carbons (Fsp3) is 0.333. The fourth-order valence-electron chi connectivity index (χ4n) is 6.62. The summed E-state index contributed by atoms with van der Waals surface area (Å²) in [6, 6.07) is 16.1. The molecule has 0 spiro atoms.